The first-order chi connectivity index (χ1) is 6.20. The molecule has 0 spiro atoms. The molecule has 2 aliphatic heterocycles. The summed E-state index contributed by atoms with van der Waals surface area (Å²) in [5, 5.41) is 3.48. The van der Waals surface area contributed by atoms with E-state index in [0.717, 1.165) is 13.1 Å². The van der Waals surface area contributed by atoms with Crippen LogP contribution in [0.2, 0.25) is 0 Å². The molecule has 2 aliphatic rings. The lowest BCUT2D eigenvalue weighted by atomic mass is 9.98. The Kier molecular flexibility index (Phi) is 2.02. The summed E-state index contributed by atoms with van der Waals surface area (Å²) in [6, 6.07) is 0.323. The van der Waals surface area contributed by atoms with Crippen LogP contribution in [-0.4, -0.2) is 37.3 Å². The summed E-state index contributed by atoms with van der Waals surface area (Å²) in [5.74, 6) is 0.453. The fourth-order valence-electron chi connectivity index (χ4n) is 2.12. The van der Waals surface area contributed by atoms with Crippen molar-refractivity contribution in [3.05, 3.63) is 11.4 Å². The van der Waals surface area contributed by atoms with Crippen molar-refractivity contribution in [2.24, 2.45) is 10.9 Å². The highest BCUT2D eigenvalue weighted by atomic mass is 15.2. The Morgan fingerprint density at radius 2 is 2.31 bits per heavy atom. The second-order valence-electron chi connectivity index (χ2n) is 3.91. The molecule has 1 N–H and O–H groups in total. The predicted molar refractivity (Wildman–Crippen MR) is 54.8 cm³/mol. The lowest BCUT2D eigenvalue weighted by molar-refractivity contribution is 0.344. The highest BCUT2D eigenvalue weighted by Crippen LogP contribution is 2.25. The standard InChI is InChI=1S/C10H17N3/c1-7-6-12-8(2)10-9(7)11-4-5-13(10)3/h6-8,11H,4-5H2,1-3H3. The van der Waals surface area contributed by atoms with E-state index in [2.05, 4.69) is 42.3 Å². The van der Waals surface area contributed by atoms with Gasteiger partial charge in [-0.15, -0.1) is 0 Å². The monoisotopic (exact) mass is 179 g/mol. The lowest BCUT2D eigenvalue weighted by Gasteiger charge is -2.37. The van der Waals surface area contributed by atoms with Gasteiger partial charge < -0.3 is 10.2 Å². The third-order valence-corrected chi connectivity index (χ3v) is 2.83. The van der Waals surface area contributed by atoms with Gasteiger partial charge in [0.15, 0.2) is 0 Å². The van der Waals surface area contributed by atoms with E-state index in [1.54, 1.807) is 0 Å². The Morgan fingerprint density at radius 3 is 3.00 bits per heavy atom. The molecule has 0 aromatic rings. The first-order valence-electron chi connectivity index (χ1n) is 4.92. The molecule has 0 aromatic carbocycles. The molecule has 0 bridgehead atoms. The van der Waals surface area contributed by atoms with Gasteiger partial charge in [-0.3, -0.25) is 4.99 Å². The summed E-state index contributed by atoms with van der Waals surface area (Å²) >= 11 is 0. The van der Waals surface area contributed by atoms with Gasteiger partial charge in [0.1, 0.15) is 0 Å². The Labute approximate surface area is 79.5 Å². The van der Waals surface area contributed by atoms with Crippen LogP contribution < -0.4 is 5.32 Å². The minimum absolute atomic E-state index is 0.323. The smallest absolute Gasteiger partial charge is 0.0882 e. The van der Waals surface area contributed by atoms with Crippen LogP contribution in [0.15, 0.2) is 16.4 Å². The Balaban J connectivity index is 2.36. The van der Waals surface area contributed by atoms with Gasteiger partial charge in [0.05, 0.1) is 11.7 Å². The van der Waals surface area contributed by atoms with Gasteiger partial charge >= 0.3 is 0 Å². The van der Waals surface area contributed by atoms with Crippen molar-refractivity contribution in [2.75, 3.05) is 20.1 Å². The molecule has 2 heterocycles. The maximum absolute atomic E-state index is 4.48. The van der Waals surface area contributed by atoms with Crippen LogP contribution in [0.3, 0.4) is 0 Å². The van der Waals surface area contributed by atoms with Crippen molar-refractivity contribution in [3.8, 4) is 0 Å². The molecular weight excluding hydrogens is 162 g/mol. The lowest BCUT2D eigenvalue weighted by Crippen LogP contribution is -2.43. The van der Waals surface area contributed by atoms with Crippen LogP contribution in [0.4, 0.5) is 0 Å². The number of nitrogens with zero attached hydrogens (tertiary/aromatic N) is 2. The van der Waals surface area contributed by atoms with Gasteiger partial charge in [-0.05, 0) is 6.92 Å². The number of aliphatic imine (C=N–C) groups is 1. The number of nitrogens with one attached hydrogen (secondary N) is 1. The summed E-state index contributed by atoms with van der Waals surface area (Å²) < 4.78 is 0. The molecule has 72 valence electrons. The minimum atomic E-state index is 0.323. The Morgan fingerprint density at radius 1 is 1.54 bits per heavy atom. The van der Waals surface area contributed by atoms with Crippen LogP contribution >= 0.6 is 0 Å². The largest absolute Gasteiger partial charge is 0.385 e. The van der Waals surface area contributed by atoms with Crippen LogP contribution in [0, 0.1) is 5.92 Å². The molecule has 2 atom stereocenters. The van der Waals surface area contributed by atoms with E-state index in [-0.39, 0.29) is 0 Å². The third-order valence-electron chi connectivity index (χ3n) is 2.83. The van der Waals surface area contributed by atoms with Crippen LogP contribution in [0.5, 0.6) is 0 Å². The number of allylic oxidation sites excluding steroid dienone is 1. The van der Waals surface area contributed by atoms with Crippen molar-refractivity contribution < 1.29 is 0 Å². The van der Waals surface area contributed by atoms with E-state index in [0.29, 0.717) is 12.0 Å². The topological polar surface area (TPSA) is 27.6 Å². The summed E-state index contributed by atoms with van der Waals surface area (Å²) in [4.78, 5) is 6.80. The molecule has 0 fully saturated rings. The fraction of sp³-hybridized carbons (Fsp3) is 0.700. The normalized spacial score (nSPS) is 33.0. The van der Waals surface area contributed by atoms with E-state index >= 15 is 0 Å². The fourth-order valence-corrected chi connectivity index (χ4v) is 2.12. The maximum Gasteiger partial charge on any atom is 0.0882 e. The SMILES string of the molecule is CC1C=NC(C)C2=C1NCCN2C. The van der Waals surface area contributed by atoms with E-state index in [1.807, 2.05) is 0 Å². The minimum Gasteiger partial charge on any atom is -0.385 e. The zero-order valence-corrected chi connectivity index (χ0v) is 8.54. The molecule has 3 nitrogen and oxygen atoms in total. The van der Waals surface area contributed by atoms with Crippen LogP contribution in [0.25, 0.3) is 0 Å². The quantitative estimate of drug-likeness (QED) is 0.597. The molecular formula is C10H17N3. The Bertz CT molecular complexity index is 267. The molecule has 0 amide bonds. The number of likely N-dealkylation sites (N-methyl/N-ethyl adjacent to an activating group) is 1. The molecule has 0 saturated heterocycles. The first-order valence-corrected chi connectivity index (χ1v) is 4.92. The first kappa shape index (κ1) is 8.60. The van der Waals surface area contributed by atoms with Crippen molar-refractivity contribution in [1.82, 2.24) is 10.2 Å². The highest BCUT2D eigenvalue weighted by molar-refractivity contribution is 5.67. The van der Waals surface area contributed by atoms with E-state index in [1.165, 1.54) is 11.4 Å². The summed E-state index contributed by atoms with van der Waals surface area (Å²) in [6.07, 6.45) is 2.05. The second-order valence-corrected chi connectivity index (χ2v) is 3.91. The van der Waals surface area contributed by atoms with E-state index in [9.17, 15) is 0 Å². The van der Waals surface area contributed by atoms with Crippen molar-refractivity contribution in [3.63, 3.8) is 0 Å². The summed E-state index contributed by atoms with van der Waals surface area (Å²) in [7, 11) is 2.15. The third kappa shape index (κ3) is 1.32. The summed E-state index contributed by atoms with van der Waals surface area (Å²) in [5.41, 5.74) is 2.75. The van der Waals surface area contributed by atoms with E-state index in [4.69, 9.17) is 0 Å². The van der Waals surface area contributed by atoms with Crippen molar-refractivity contribution in [2.45, 2.75) is 19.9 Å². The number of hydrogen-bond acceptors (Lipinski definition) is 3. The van der Waals surface area contributed by atoms with Crippen LogP contribution in [-0.2, 0) is 0 Å². The molecule has 0 saturated carbocycles. The average molecular weight is 179 g/mol. The van der Waals surface area contributed by atoms with Gasteiger partial charge in [0, 0.05) is 38.0 Å². The van der Waals surface area contributed by atoms with Gasteiger partial charge in [0.25, 0.3) is 0 Å². The Hall–Kier alpha value is -0.990. The van der Waals surface area contributed by atoms with Gasteiger partial charge in [-0.1, -0.05) is 6.92 Å². The maximum atomic E-state index is 4.48. The van der Waals surface area contributed by atoms with Gasteiger partial charge in [0.2, 0.25) is 0 Å². The molecule has 2 rings (SSSR count). The highest BCUT2D eigenvalue weighted by Gasteiger charge is 2.26. The van der Waals surface area contributed by atoms with Gasteiger partial charge in [-0.25, -0.2) is 0 Å². The van der Waals surface area contributed by atoms with E-state index < -0.39 is 0 Å². The molecule has 3 heteroatoms. The molecule has 0 radical (unpaired) electrons. The summed E-state index contributed by atoms with van der Waals surface area (Å²) in [6.45, 7) is 6.49. The molecule has 13 heavy (non-hydrogen) atoms. The zero-order chi connectivity index (χ0) is 9.42. The van der Waals surface area contributed by atoms with Crippen molar-refractivity contribution in [1.29, 1.82) is 0 Å². The number of dihydropyridines is 1. The molecule has 0 aromatic heterocycles. The molecule has 0 aliphatic carbocycles. The zero-order valence-electron chi connectivity index (χ0n) is 8.54. The molecule has 2 unspecified atom stereocenters. The average Bonchev–Trinajstić information content (AvgIpc) is 2.12. The number of hydrogen-bond donors (Lipinski definition) is 1. The van der Waals surface area contributed by atoms with Gasteiger partial charge in [-0.2, -0.15) is 0 Å². The predicted octanol–water partition coefficient (Wildman–Crippen LogP) is 0.842. The van der Waals surface area contributed by atoms with Crippen LogP contribution in [0.1, 0.15) is 13.8 Å². The number of rotatable bonds is 0. The second kappa shape index (κ2) is 3.05. The van der Waals surface area contributed by atoms with Crippen molar-refractivity contribution >= 4 is 6.21 Å².